The lowest BCUT2D eigenvalue weighted by Crippen LogP contribution is -1.93. The van der Waals surface area contributed by atoms with Gasteiger partial charge in [0, 0.05) is 29.5 Å². The Morgan fingerprint density at radius 1 is 1.05 bits per heavy atom. The van der Waals surface area contributed by atoms with E-state index in [1.165, 1.54) is 0 Å². The first kappa shape index (κ1) is 12.2. The van der Waals surface area contributed by atoms with Crippen LogP contribution in [-0.2, 0) is 0 Å². The van der Waals surface area contributed by atoms with Crippen molar-refractivity contribution in [3.63, 3.8) is 0 Å². The minimum Gasteiger partial charge on any atom is -0.481 e. The van der Waals surface area contributed by atoms with Gasteiger partial charge < -0.3 is 15.2 Å². The molecule has 5 nitrogen and oxygen atoms in total. The highest BCUT2D eigenvalue weighted by atomic mass is 16.5. The summed E-state index contributed by atoms with van der Waals surface area (Å²) in [4.78, 5) is 8.37. The summed E-state index contributed by atoms with van der Waals surface area (Å²) in [5.41, 5.74) is 7.34. The average Bonchev–Trinajstić information content (AvgIpc) is 2.51. The first-order valence-corrected chi connectivity index (χ1v) is 6.09. The zero-order valence-electron chi connectivity index (χ0n) is 10.9. The lowest BCUT2D eigenvalue weighted by Gasteiger charge is -2.10. The molecule has 2 N–H and O–H groups in total. The molecule has 0 radical (unpaired) electrons. The van der Waals surface area contributed by atoms with Crippen LogP contribution in [0.4, 0.5) is 5.69 Å². The van der Waals surface area contributed by atoms with Gasteiger partial charge in [0.25, 0.3) is 0 Å². The number of ether oxygens (including phenoxy) is 2. The van der Waals surface area contributed by atoms with Gasteiger partial charge in [0.15, 0.2) is 5.75 Å². The first-order valence-electron chi connectivity index (χ1n) is 6.09. The van der Waals surface area contributed by atoms with Crippen LogP contribution in [-0.4, -0.2) is 17.1 Å². The van der Waals surface area contributed by atoms with Crippen LogP contribution in [0, 0.1) is 0 Å². The van der Waals surface area contributed by atoms with Gasteiger partial charge in [0.2, 0.25) is 5.88 Å². The van der Waals surface area contributed by atoms with E-state index >= 15 is 0 Å². The molecule has 0 fully saturated rings. The molecule has 0 atom stereocenters. The molecule has 0 aliphatic heterocycles. The van der Waals surface area contributed by atoms with Crippen LogP contribution < -0.4 is 15.2 Å². The summed E-state index contributed by atoms with van der Waals surface area (Å²) in [6, 6.07) is 10.8. The number of aromatic nitrogens is 2. The lowest BCUT2D eigenvalue weighted by molar-refractivity contribution is 0.392. The topological polar surface area (TPSA) is 70.3 Å². The van der Waals surface area contributed by atoms with E-state index < -0.39 is 0 Å². The number of nitrogen functional groups attached to an aromatic ring is 1. The molecular formula is C15H13N3O2. The summed E-state index contributed by atoms with van der Waals surface area (Å²) in [6.45, 7) is 0. The van der Waals surface area contributed by atoms with E-state index in [0.29, 0.717) is 23.1 Å². The van der Waals surface area contributed by atoms with E-state index in [9.17, 15) is 0 Å². The summed E-state index contributed by atoms with van der Waals surface area (Å²) in [5.74, 6) is 1.77. The second-order valence-electron chi connectivity index (χ2n) is 4.19. The lowest BCUT2D eigenvalue weighted by atomic mass is 10.1. The Labute approximate surface area is 116 Å². The summed E-state index contributed by atoms with van der Waals surface area (Å²) >= 11 is 0. The number of nitrogens with zero attached hydrogens (tertiary/aromatic N) is 2. The van der Waals surface area contributed by atoms with Gasteiger partial charge in [-0.15, -0.1) is 0 Å². The maximum atomic E-state index is 5.94. The molecule has 2 aromatic heterocycles. The van der Waals surface area contributed by atoms with Crippen LogP contribution in [0.3, 0.4) is 0 Å². The van der Waals surface area contributed by atoms with E-state index in [1.807, 2.05) is 12.1 Å². The van der Waals surface area contributed by atoms with Gasteiger partial charge in [-0.25, -0.2) is 4.98 Å². The van der Waals surface area contributed by atoms with Crippen LogP contribution in [0.1, 0.15) is 0 Å². The number of methoxy groups -OCH3 is 1. The van der Waals surface area contributed by atoms with E-state index in [2.05, 4.69) is 9.97 Å². The van der Waals surface area contributed by atoms with Crippen LogP contribution in [0.25, 0.3) is 10.9 Å². The fourth-order valence-corrected chi connectivity index (χ4v) is 1.94. The summed E-state index contributed by atoms with van der Waals surface area (Å²) in [7, 11) is 1.56. The largest absolute Gasteiger partial charge is 0.481 e. The Balaban J connectivity index is 2.04. The molecule has 0 unspecified atom stereocenters. The number of benzene rings is 1. The van der Waals surface area contributed by atoms with E-state index in [1.54, 1.807) is 43.8 Å². The summed E-state index contributed by atoms with van der Waals surface area (Å²) in [5, 5.41) is 0.867. The zero-order valence-corrected chi connectivity index (χ0v) is 10.9. The van der Waals surface area contributed by atoms with Gasteiger partial charge in [-0.3, -0.25) is 4.98 Å². The average molecular weight is 267 g/mol. The Morgan fingerprint density at radius 3 is 2.80 bits per heavy atom. The highest BCUT2D eigenvalue weighted by Gasteiger charge is 2.08. The fraction of sp³-hybridized carbons (Fsp3) is 0.0667. The highest BCUT2D eigenvalue weighted by Crippen LogP contribution is 2.32. The zero-order chi connectivity index (χ0) is 13.9. The van der Waals surface area contributed by atoms with Gasteiger partial charge >= 0.3 is 0 Å². The number of hydrogen-bond donors (Lipinski definition) is 1. The third kappa shape index (κ3) is 2.21. The van der Waals surface area contributed by atoms with Crippen molar-refractivity contribution in [2.24, 2.45) is 0 Å². The quantitative estimate of drug-likeness (QED) is 0.739. The fourth-order valence-electron chi connectivity index (χ4n) is 1.94. The maximum Gasteiger partial charge on any atom is 0.216 e. The molecule has 2 heterocycles. The Hall–Kier alpha value is -2.82. The minimum absolute atomic E-state index is 0.496. The van der Waals surface area contributed by atoms with Crippen molar-refractivity contribution in [3.05, 3.63) is 48.8 Å². The van der Waals surface area contributed by atoms with Gasteiger partial charge in [-0.2, -0.15) is 0 Å². The Kier molecular flexibility index (Phi) is 3.09. The van der Waals surface area contributed by atoms with Gasteiger partial charge in [0.05, 0.1) is 7.11 Å². The molecule has 0 aliphatic rings. The molecule has 0 saturated heterocycles. The van der Waals surface area contributed by atoms with Crippen LogP contribution in [0.15, 0.2) is 48.8 Å². The molecule has 1 aromatic carbocycles. The van der Waals surface area contributed by atoms with Crippen molar-refractivity contribution >= 4 is 16.6 Å². The first-order chi connectivity index (χ1) is 9.78. The molecule has 5 heteroatoms. The predicted molar refractivity (Wildman–Crippen MR) is 77.0 cm³/mol. The second-order valence-corrected chi connectivity index (χ2v) is 4.19. The Morgan fingerprint density at radius 2 is 1.95 bits per heavy atom. The number of hydrogen-bond acceptors (Lipinski definition) is 5. The van der Waals surface area contributed by atoms with Crippen molar-refractivity contribution in [3.8, 4) is 17.4 Å². The Bertz CT molecular complexity index is 759. The summed E-state index contributed by atoms with van der Waals surface area (Å²) in [6.07, 6.45) is 3.34. The van der Waals surface area contributed by atoms with Crippen molar-refractivity contribution < 1.29 is 9.47 Å². The van der Waals surface area contributed by atoms with Crippen molar-refractivity contribution in [2.75, 3.05) is 12.8 Å². The predicted octanol–water partition coefficient (Wildman–Crippen LogP) is 3.01. The molecule has 3 aromatic rings. The minimum atomic E-state index is 0.496. The van der Waals surface area contributed by atoms with Crippen molar-refractivity contribution in [1.29, 1.82) is 0 Å². The SMILES string of the molecule is COc1cc(Oc2ccc(N)c3cccnc23)ccn1. The third-order valence-corrected chi connectivity index (χ3v) is 2.91. The van der Waals surface area contributed by atoms with Gasteiger partial charge in [0.1, 0.15) is 11.3 Å². The van der Waals surface area contributed by atoms with E-state index in [0.717, 1.165) is 10.9 Å². The third-order valence-electron chi connectivity index (χ3n) is 2.91. The number of nitrogens with two attached hydrogens (primary N) is 1. The van der Waals surface area contributed by atoms with Crippen LogP contribution in [0.5, 0.6) is 17.4 Å². The molecule has 3 rings (SSSR count). The molecule has 0 amide bonds. The van der Waals surface area contributed by atoms with Crippen LogP contribution in [0.2, 0.25) is 0 Å². The highest BCUT2D eigenvalue weighted by molar-refractivity contribution is 5.94. The number of rotatable bonds is 3. The molecule has 20 heavy (non-hydrogen) atoms. The molecular weight excluding hydrogens is 254 g/mol. The smallest absolute Gasteiger partial charge is 0.216 e. The molecule has 0 saturated carbocycles. The maximum absolute atomic E-state index is 5.94. The second kappa shape index (κ2) is 5.05. The standard InChI is InChI=1S/C15H13N3O2/c1-19-14-9-10(6-8-17-14)20-13-5-4-12(16)11-3-2-7-18-15(11)13/h2-9H,16H2,1H3. The van der Waals surface area contributed by atoms with Crippen molar-refractivity contribution in [2.45, 2.75) is 0 Å². The molecule has 0 bridgehead atoms. The van der Waals surface area contributed by atoms with Gasteiger partial charge in [-0.1, -0.05) is 0 Å². The number of anilines is 1. The molecule has 0 spiro atoms. The van der Waals surface area contributed by atoms with E-state index in [4.69, 9.17) is 15.2 Å². The van der Waals surface area contributed by atoms with Crippen molar-refractivity contribution in [1.82, 2.24) is 9.97 Å². The molecule has 100 valence electrons. The number of pyridine rings is 2. The van der Waals surface area contributed by atoms with Gasteiger partial charge in [-0.05, 0) is 30.3 Å². The van der Waals surface area contributed by atoms with Crippen LogP contribution >= 0.6 is 0 Å². The molecule has 0 aliphatic carbocycles. The monoisotopic (exact) mass is 267 g/mol. The van der Waals surface area contributed by atoms with E-state index in [-0.39, 0.29) is 0 Å². The normalized spacial score (nSPS) is 10.4. The summed E-state index contributed by atoms with van der Waals surface area (Å²) < 4.78 is 10.9. The number of fused-ring (bicyclic) bond motifs is 1.